The van der Waals surface area contributed by atoms with E-state index in [-0.39, 0.29) is 11.8 Å². The Bertz CT molecular complexity index is 1380. The van der Waals surface area contributed by atoms with E-state index in [1.165, 1.54) is 15.8 Å². The molecule has 0 N–H and O–H groups in total. The number of carbonyl (C=O) groups is 2. The fraction of sp³-hybridized carbons (Fsp3) is 0.133. The summed E-state index contributed by atoms with van der Waals surface area (Å²) < 4.78 is 5.60. The van der Waals surface area contributed by atoms with Gasteiger partial charge in [-0.2, -0.15) is 0 Å². The predicted octanol–water partition coefficient (Wildman–Crippen LogP) is 6.25. The molecule has 0 saturated heterocycles. The molecule has 1 aliphatic heterocycles. The molecule has 34 heavy (non-hydrogen) atoms. The van der Waals surface area contributed by atoms with Crippen LogP contribution in [-0.4, -0.2) is 30.4 Å². The van der Waals surface area contributed by atoms with E-state index in [9.17, 15) is 9.59 Å². The normalized spacial score (nSPS) is 13.1. The molecule has 0 aliphatic carbocycles. The summed E-state index contributed by atoms with van der Waals surface area (Å²) in [7, 11) is 1.69. The second-order valence-electron chi connectivity index (χ2n) is 8.43. The molecule has 0 aromatic heterocycles. The average Bonchev–Trinajstić information content (AvgIpc) is 3.12. The lowest BCUT2D eigenvalue weighted by Gasteiger charge is -2.13. The molecule has 1 heterocycles. The minimum atomic E-state index is -0.193. The Morgan fingerprint density at radius 2 is 1.44 bits per heavy atom. The third kappa shape index (κ3) is 4.23. The Kier molecular flexibility index (Phi) is 5.96. The highest BCUT2D eigenvalue weighted by Gasteiger charge is 2.34. The first-order valence-corrected chi connectivity index (χ1v) is 11.4. The molecule has 0 saturated carbocycles. The van der Waals surface area contributed by atoms with Gasteiger partial charge >= 0.3 is 0 Å². The number of imide groups is 1. The van der Waals surface area contributed by atoms with Crippen molar-refractivity contribution in [1.29, 1.82) is 0 Å². The van der Waals surface area contributed by atoms with Crippen LogP contribution in [0.3, 0.4) is 0 Å². The molecule has 0 radical (unpaired) electrons. The highest BCUT2D eigenvalue weighted by Crippen LogP contribution is 2.28. The molecule has 0 spiro atoms. The Labute approximate surface area is 199 Å². The molecule has 0 bridgehead atoms. The zero-order valence-electron chi connectivity index (χ0n) is 19.0. The molecule has 4 heteroatoms. The van der Waals surface area contributed by atoms with Gasteiger partial charge in [0.15, 0.2) is 0 Å². The van der Waals surface area contributed by atoms with Crippen molar-refractivity contribution in [1.82, 2.24) is 4.90 Å². The first-order chi connectivity index (χ1) is 16.6. The van der Waals surface area contributed by atoms with E-state index in [0.717, 1.165) is 35.1 Å². The van der Waals surface area contributed by atoms with E-state index in [1.54, 1.807) is 31.4 Å². The molecule has 4 nitrogen and oxygen atoms in total. The van der Waals surface area contributed by atoms with Crippen molar-refractivity contribution >= 4 is 34.7 Å². The molecule has 1 aliphatic rings. The number of nitrogens with zero attached hydrogens (tertiary/aromatic N) is 1. The first kappa shape index (κ1) is 21.7. The topological polar surface area (TPSA) is 46.6 Å². The van der Waals surface area contributed by atoms with Crippen LogP contribution in [0, 0.1) is 0 Å². The van der Waals surface area contributed by atoms with E-state index in [4.69, 9.17) is 4.74 Å². The SMILES string of the molecule is COc1cc2ccccc2cc1C=Cc1cccc(CCCN2C(=O)c3ccccc3C2=O)c1. The van der Waals surface area contributed by atoms with E-state index in [2.05, 4.69) is 54.6 Å². The first-order valence-electron chi connectivity index (χ1n) is 11.4. The lowest BCUT2D eigenvalue weighted by molar-refractivity contribution is 0.0652. The molecular weight excluding hydrogens is 422 g/mol. The van der Waals surface area contributed by atoms with Crippen molar-refractivity contribution in [2.45, 2.75) is 12.8 Å². The molecule has 2 amide bonds. The molecule has 4 aromatic rings. The summed E-state index contributed by atoms with van der Waals surface area (Å²) in [4.78, 5) is 26.4. The maximum atomic E-state index is 12.5. The van der Waals surface area contributed by atoms with Crippen LogP contribution in [0.4, 0.5) is 0 Å². The zero-order chi connectivity index (χ0) is 23.5. The van der Waals surface area contributed by atoms with Gasteiger partial charge in [0.2, 0.25) is 0 Å². The molecule has 5 rings (SSSR count). The third-order valence-electron chi connectivity index (χ3n) is 6.23. The maximum Gasteiger partial charge on any atom is 0.261 e. The predicted molar refractivity (Wildman–Crippen MR) is 136 cm³/mol. The lowest BCUT2D eigenvalue weighted by Crippen LogP contribution is -2.30. The smallest absolute Gasteiger partial charge is 0.261 e. The van der Waals surface area contributed by atoms with Gasteiger partial charge in [0, 0.05) is 12.1 Å². The highest BCUT2D eigenvalue weighted by molar-refractivity contribution is 6.21. The number of hydrogen-bond acceptors (Lipinski definition) is 3. The monoisotopic (exact) mass is 447 g/mol. The molecular formula is C30H25NO3. The van der Waals surface area contributed by atoms with E-state index >= 15 is 0 Å². The summed E-state index contributed by atoms with van der Waals surface area (Å²) in [5.74, 6) is 0.454. The number of amides is 2. The van der Waals surface area contributed by atoms with Crippen LogP contribution in [-0.2, 0) is 6.42 Å². The van der Waals surface area contributed by atoms with Gasteiger partial charge in [-0.15, -0.1) is 0 Å². The second kappa shape index (κ2) is 9.36. The lowest BCUT2D eigenvalue weighted by atomic mass is 10.0. The molecule has 0 fully saturated rings. The van der Waals surface area contributed by atoms with Gasteiger partial charge < -0.3 is 4.74 Å². The van der Waals surface area contributed by atoms with Gasteiger partial charge in [0.1, 0.15) is 5.75 Å². The number of aryl methyl sites for hydroxylation is 1. The fourth-order valence-electron chi connectivity index (χ4n) is 4.47. The quantitative estimate of drug-likeness (QED) is 0.249. The van der Waals surface area contributed by atoms with Crippen LogP contribution in [0.25, 0.3) is 22.9 Å². The van der Waals surface area contributed by atoms with Gasteiger partial charge in [0.05, 0.1) is 18.2 Å². The Morgan fingerprint density at radius 3 is 2.15 bits per heavy atom. The van der Waals surface area contributed by atoms with Crippen LogP contribution in [0.1, 0.15) is 43.8 Å². The highest BCUT2D eigenvalue weighted by atomic mass is 16.5. The number of carbonyl (C=O) groups excluding carboxylic acids is 2. The Morgan fingerprint density at radius 1 is 0.765 bits per heavy atom. The van der Waals surface area contributed by atoms with E-state index in [1.807, 2.05) is 18.2 Å². The van der Waals surface area contributed by atoms with Crippen LogP contribution >= 0.6 is 0 Å². The molecule has 0 unspecified atom stereocenters. The van der Waals surface area contributed by atoms with Crippen molar-refractivity contribution < 1.29 is 14.3 Å². The Balaban J connectivity index is 1.26. The second-order valence-corrected chi connectivity index (χ2v) is 8.43. The van der Waals surface area contributed by atoms with Crippen molar-refractivity contribution in [3.05, 3.63) is 113 Å². The van der Waals surface area contributed by atoms with Gasteiger partial charge in [-0.05, 0) is 59.0 Å². The van der Waals surface area contributed by atoms with Crippen molar-refractivity contribution in [2.75, 3.05) is 13.7 Å². The minimum Gasteiger partial charge on any atom is -0.496 e. The standard InChI is InChI=1S/C30H25NO3/c1-34-28-20-24-12-3-2-11-23(24)19-25(28)16-15-22-9-6-8-21(18-22)10-7-17-31-29(32)26-13-4-5-14-27(26)30(31)33/h2-6,8-9,11-16,18-20H,7,10,17H2,1H3. The van der Waals surface area contributed by atoms with Crippen LogP contribution < -0.4 is 4.74 Å². The number of rotatable bonds is 7. The molecule has 4 aromatic carbocycles. The number of fused-ring (bicyclic) bond motifs is 2. The van der Waals surface area contributed by atoms with Gasteiger partial charge in [-0.1, -0.05) is 72.8 Å². The average molecular weight is 448 g/mol. The number of methoxy groups -OCH3 is 1. The van der Waals surface area contributed by atoms with Crippen LogP contribution in [0.2, 0.25) is 0 Å². The van der Waals surface area contributed by atoms with Crippen LogP contribution in [0.5, 0.6) is 5.75 Å². The summed E-state index contributed by atoms with van der Waals surface area (Å²) in [6.07, 6.45) is 5.66. The van der Waals surface area contributed by atoms with Crippen molar-refractivity contribution in [3.8, 4) is 5.75 Å². The van der Waals surface area contributed by atoms with E-state index < -0.39 is 0 Å². The third-order valence-corrected chi connectivity index (χ3v) is 6.23. The Hall–Kier alpha value is -4.18. The summed E-state index contributed by atoms with van der Waals surface area (Å²) in [5.41, 5.74) is 4.29. The van der Waals surface area contributed by atoms with E-state index in [0.29, 0.717) is 17.7 Å². The summed E-state index contributed by atoms with van der Waals surface area (Å²) in [6.45, 7) is 0.417. The van der Waals surface area contributed by atoms with Crippen molar-refractivity contribution in [2.24, 2.45) is 0 Å². The van der Waals surface area contributed by atoms with Gasteiger partial charge in [-0.3, -0.25) is 14.5 Å². The van der Waals surface area contributed by atoms with Gasteiger partial charge in [0.25, 0.3) is 11.8 Å². The summed E-state index contributed by atoms with van der Waals surface area (Å²) >= 11 is 0. The number of ether oxygens (including phenoxy) is 1. The number of benzene rings is 4. The summed E-state index contributed by atoms with van der Waals surface area (Å²) in [6, 6.07) is 27.8. The maximum absolute atomic E-state index is 12.5. The zero-order valence-corrected chi connectivity index (χ0v) is 19.0. The largest absolute Gasteiger partial charge is 0.496 e. The molecule has 168 valence electrons. The van der Waals surface area contributed by atoms with Gasteiger partial charge in [-0.25, -0.2) is 0 Å². The van der Waals surface area contributed by atoms with Crippen LogP contribution in [0.15, 0.2) is 84.9 Å². The molecule has 0 atom stereocenters. The fourth-order valence-corrected chi connectivity index (χ4v) is 4.47. The summed E-state index contributed by atoms with van der Waals surface area (Å²) in [5, 5.41) is 2.32. The number of hydrogen-bond donors (Lipinski definition) is 0. The minimum absolute atomic E-state index is 0.193. The van der Waals surface area contributed by atoms with Crippen molar-refractivity contribution in [3.63, 3.8) is 0 Å².